The van der Waals surface area contributed by atoms with Crippen LogP contribution in [0.15, 0.2) is 66.1 Å². The minimum absolute atomic E-state index is 0.204. The number of nitrogens with one attached hydrogen (secondary N) is 1. The SMILES string of the molecule is C=CCc1cc(/C=C2/SC(=O)N(CC(=O)Nc3ccc(C)c(C)c3)C2=O)cc(OCC)c1OCc1ccc(Cl)c(Cl)c1. The fourth-order valence-corrected chi connectivity index (χ4v) is 5.40. The normalized spacial score (nSPS) is 13.9. The lowest BCUT2D eigenvalue weighted by atomic mass is 10.0. The third kappa shape index (κ3) is 7.56. The molecule has 10 heteroatoms. The minimum Gasteiger partial charge on any atom is -0.490 e. The average Bonchev–Trinajstić information content (AvgIpc) is 3.19. The Hall–Kier alpha value is -3.72. The second-order valence-electron chi connectivity index (χ2n) is 9.59. The Balaban J connectivity index is 1.54. The van der Waals surface area contributed by atoms with E-state index in [1.165, 1.54) is 0 Å². The van der Waals surface area contributed by atoms with Gasteiger partial charge in [0.05, 0.1) is 21.6 Å². The number of benzene rings is 3. The molecular weight excluding hydrogens is 595 g/mol. The van der Waals surface area contributed by atoms with E-state index in [1.807, 2.05) is 45.0 Å². The first-order chi connectivity index (χ1) is 20.1. The zero-order valence-electron chi connectivity index (χ0n) is 23.5. The lowest BCUT2D eigenvalue weighted by molar-refractivity contribution is -0.127. The third-order valence-electron chi connectivity index (χ3n) is 6.45. The van der Waals surface area contributed by atoms with E-state index in [0.29, 0.717) is 45.8 Å². The van der Waals surface area contributed by atoms with Gasteiger partial charge in [-0.3, -0.25) is 19.3 Å². The standard InChI is InChI=1S/C32H30Cl2N2O5S/c1-5-7-23-13-22(15-27(40-6-2)30(23)41-18-21-9-11-25(33)26(34)14-21)16-28-31(38)36(32(39)42-28)17-29(37)35-24-10-8-19(3)20(4)12-24/h5,8-16H,1,6-7,17-18H2,2-4H3,(H,35,37)/b28-16+. The molecule has 1 aliphatic rings. The molecule has 4 rings (SSSR count). The number of carbonyl (C=O) groups excluding carboxylic acids is 3. The summed E-state index contributed by atoms with van der Waals surface area (Å²) in [5.74, 6) is 0.0202. The van der Waals surface area contributed by atoms with Crippen LogP contribution in [-0.2, 0) is 22.6 Å². The highest BCUT2D eigenvalue weighted by molar-refractivity contribution is 8.18. The van der Waals surface area contributed by atoms with Crippen molar-refractivity contribution in [1.82, 2.24) is 4.90 Å². The maximum atomic E-state index is 13.1. The van der Waals surface area contributed by atoms with E-state index in [-0.39, 0.29) is 18.1 Å². The van der Waals surface area contributed by atoms with Crippen LogP contribution in [-0.4, -0.2) is 35.1 Å². The third-order valence-corrected chi connectivity index (χ3v) is 8.10. The Morgan fingerprint density at radius 1 is 1.02 bits per heavy atom. The first kappa shape index (κ1) is 31.2. The van der Waals surface area contributed by atoms with Crippen LogP contribution >= 0.6 is 35.0 Å². The van der Waals surface area contributed by atoms with E-state index in [4.69, 9.17) is 32.7 Å². The molecule has 0 spiro atoms. The zero-order valence-corrected chi connectivity index (χ0v) is 25.8. The molecule has 1 saturated heterocycles. The molecule has 42 heavy (non-hydrogen) atoms. The summed E-state index contributed by atoms with van der Waals surface area (Å²) in [6.07, 6.45) is 3.82. The van der Waals surface area contributed by atoms with Gasteiger partial charge in [-0.15, -0.1) is 6.58 Å². The van der Waals surface area contributed by atoms with Crippen molar-refractivity contribution in [3.63, 3.8) is 0 Å². The van der Waals surface area contributed by atoms with Gasteiger partial charge in [0.1, 0.15) is 13.2 Å². The number of thioether (sulfide) groups is 1. The molecule has 0 atom stereocenters. The number of ether oxygens (including phenoxy) is 2. The Morgan fingerprint density at radius 2 is 1.81 bits per heavy atom. The summed E-state index contributed by atoms with van der Waals surface area (Å²) >= 11 is 13.0. The Labute approximate surface area is 259 Å². The van der Waals surface area contributed by atoms with Gasteiger partial charge in [0.15, 0.2) is 11.5 Å². The molecule has 1 heterocycles. The summed E-state index contributed by atoms with van der Waals surface area (Å²) < 4.78 is 12.1. The minimum atomic E-state index is -0.539. The summed E-state index contributed by atoms with van der Waals surface area (Å²) in [5.41, 5.74) is 4.98. The average molecular weight is 626 g/mol. The van der Waals surface area contributed by atoms with Gasteiger partial charge >= 0.3 is 0 Å². The van der Waals surface area contributed by atoms with E-state index < -0.39 is 17.1 Å². The molecule has 0 radical (unpaired) electrons. The topological polar surface area (TPSA) is 84.9 Å². The summed E-state index contributed by atoms with van der Waals surface area (Å²) in [4.78, 5) is 39.6. The maximum Gasteiger partial charge on any atom is 0.294 e. The lowest BCUT2D eigenvalue weighted by Crippen LogP contribution is -2.36. The molecule has 3 amide bonds. The molecule has 1 fully saturated rings. The number of anilines is 1. The molecule has 0 unspecified atom stereocenters. The van der Waals surface area contributed by atoms with Gasteiger partial charge in [-0.05, 0) is 104 Å². The van der Waals surface area contributed by atoms with Crippen LogP contribution < -0.4 is 14.8 Å². The van der Waals surface area contributed by atoms with Crippen molar-refractivity contribution in [3.8, 4) is 11.5 Å². The molecule has 3 aromatic carbocycles. The fraction of sp³-hybridized carbons (Fsp3) is 0.219. The number of halogens is 2. The highest BCUT2D eigenvalue weighted by atomic mass is 35.5. The van der Waals surface area contributed by atoms with Crippen molar-refractivity contribution < 1.29 is 23.9 Å². The Morgan fingerprint density at radius 3 is 2.50 bits per heavy atom. The molecule has 0 aromatic heterocycles. The summed E-state index contributed by atoms with van der Waals surface area (Å²) in [5, 5.41) is 3.13. The number of hydrogen-bond donors (Lipinski definition) is 1. The smallest absolute Gasteiger partial charge is 0.294 e. The lowest BCUT2D eigenvalue weighted by Gasteiger charge is -2.17. The van der Waals surface area contributed by atoms with Gasteiger partial charge in [0, 0.05) is 11.3 Å². The van der Waals surface area contributed by atoms with Gasteiger partial charge < -0.3 is 14.8 Å². The van der Waals surface area contributed by atoms with Crippen molar-refractivity contribution in [3.05, 3.63) is 104 Å². The van der Waals surface area contributed by atoms with Crippen LogP contribution in [0.5, 0.6) is 11.5 Å². The van der Waals surface area contributed by atoms with Crippen LogP contribution in [0.4, 0.5) is 10.5 Å². The molecular formula is C32H30Cl2N2O5S. The van der Waals surface area contributed by atoms with E-state index in [2.05, 4.69) is 11.9 Å². The van der Waals surface area contributed by atoms with E-state index in [0.717, 1.165) is 38.9 Å². The predicted octanol–water partition coefficient (Wildman–Crippen LogP) is 7.99. The monoisotopic (exact) mass is 624 g/mol. The Bertz CT molecular complexity index is 1590. The van der Waals surface area contributed by atoms with Gasteiger partial charge in [0.25, 0.3) is 11.1 Å². The molecule has 0 bridgehead atoms. The molecule has 7 nitrogen and oxygen atoms in total. The second-order valence-corrected chi connectivity index (χ2v) is 11.4. The van der Waals surface area contributed by atoms with Crippen molar-refractivity contribution in [1.29, 1.82) is 0 Å². The first-order valence-corrected chi connectivity index (χ1v) is 14.8. The van der Waals surface area contributed by atoms with Gasteiger partial charge in [-0.2, -0.15) is 0 Å². The summed E-state index contributed by atoms with van der Waals surface area (Å²) in [6, 6.07) is 14.4. The maximum absolute atomic E-state index is 13.1. The molecule has 0 saturated carbocycles. The summed E-state index contributed by atoms with van der Waals surface area (Å²) in [6.45, 7) is 9.85. The second kappa shape index (κ2) is 14.0. The molecule has 3 aromatic rings. The predicted molar refractivity (Wildman–Crippen MR) is 170 cm³/mol. The van der Waals surface area contributed by atoms with Crippen LogP contribution in [0.1, 0.15) is 34.7 Å². The zero-order chi connectivity index (χ0) is 30.4. The number of amides is 3. The van der Waals surface area contributed by atoms with E-state index >= 15 is 0 Å². The van der Waals surface area contributed by atoms with Gasteiger partial charge in [-0.1, -0.05) is 41.4 Å². The number of allylic oxidation sites excluding steroid dienone is 1. The van der Waals surface area contributed by atoms with Crippen molar-refractivity contribution in [2.45, 2.75) is 33.8 Å². The van der Waals surface area contributed by atoms with Gasteiger partial charge in [0.2, 0.25) is 5.91 Å². The van der Waals surface area contributed by atoms with Crippen molar-refractivity contribution in [2.75, 3.05) is 18.5 Å². The highest BCUT2D eigenvalue weighted by Gasteiger charge is 2.36. The number of hydrogen-bond acceptors (Lipinski definition) is 6. The number of rotatable bonds is 11. The molecule has 0 aliphatic carbocycles. The summed E-state index contributed by atoms with van der Waals surface area (Å²) in [7, 11) is 0. The van der Waals surface area contributed by atoms with Crippen LogP contribution in [0, 0.1) is 13.8 Å². The number of imide groups is 1. The van der Waals surface area contributed by atoms with E-state index in [1.54, 1.807) is 36.4 Å². The van der Waals surface area contributed by atoms with Crippen LogP contribution in [0.25, 0.3) is 6.08 Å². The fourth-order valence-electron chi connectivity index (χ4n) is 4.24. The van der Waals surface area contributed by atoms with Gasteiger partial charge in [-0.25, -0.2) is 0 Å². The molecule has 218 valence electrons. The number of nitrogens with zero attached hydrogens (tertiary/aromatic N) is 1. The Kier molecular flexibility index (Phi) is 10.4. The largest absolute Gasteiger partial charge is 0.490 e. The van der Waals surface area contributed by atoms with Crippen LogP contribution in [0.3, 0.4) is 0 Å². The first-order valence-electron chi connectivity index (χ1n) is 13.2. The quantitative estimate of drug-likeness (QED) is 0.172. The number of carbonyl (C=O) groups is 3. The molecule has 1 N–H and O–H groups in total. The van der Waals surface area contributed by atoms with E-state index in [9.17, 15) is 14.4 Å². The molecule has 1 aliphatic heterocycles. The van der Waals surface area contributed by atoms with Crippen molar-refractivity contribution >= 4 is 63.8 Å². The highest BCUT2D eigenvalue weighted by Crippen LogP contribution is 2.38. The van der Waals surface area contributed by atoms with Crippen molar-refractivity contribution in [2.24, 2.45) is 0 Å². The van der Waals surface area contributed by atoms with Crippen LogP contribution in [0.2, 0.25) is 10.0 Å². The number of aryl methyl sites for hydroxylation is 2.